The third-order valence-electron chi connectivity index (χ3n) is 5.08. The van der Waals surface area contributed by atoms with Gasteiger partial charge in [0, 0.05) is 16.7 Å². The molecule has 1 heterocycles. The summed E-state index contributed by atoms with van der Waals surface area (Å²) >= 11 is 0. The van der Waals surface area contributed by atoms with Gasteiger partial charge < -0.3 is 0 Å². The van der Waals surface area contributed by atoms with Crippen molar-refractivity contribution >= 4 is 0 Å². The monoisotopic (exact) mass is 393 g/mol. The lowest BCUT2D eigenvalue weighted by Gasteiger charge is -2.11. The van der Waals surface area contributed by atoms with Gasteiger partial charge in [0.25, 0.3) is 0 Å². The third-order valence-corrected chi connectivity index (χ3v) is 5.08. The minimum atomic E-state index is 0.708. The zero-order valence-corrected chi connectivity index (χ0v) is 18.5. The number of rotatable bonds is 3. The Morgan fingerprint density at radius 3 is 0.733 bits per heavy atom. The van der Waals surface area contributed by atoms with Gasteiger partial charge in [-0.2, -0.15) is 0 Å². The summed E-state index contributed by atoms with van der Waals surface area (Å²) in [6, 6.07) is 19.3. The van der Waals surface area contributed by atoms with Gasteiger partial charge in [-0.15, -0.1) is 0 Å². The van der Waals surface area contributed by atoms with Crippen molar-refractivity contribution in [2.75, 3.05) is 0 Å². The summed E-state index contributed by atoms with van der Waals surface area (Å²) in [5.41, 5.74) is 10.3. The van der Waals surface area contributed by atoms with Gasteiger partial charge in [-0.1, -0.05) is 51.6 Å². The molecule has 0 saturated carbocycles. The van der Waals surface area contributed by atoms with Gasteiger partial charge in [0.05, 0.1) is 0 Å². The highest BCUT2D eigenvalue weighted by Gasteiger charge is 2.14. The maximum atomic E-state index is 4.89. The Bertz CT molecular complexity index is 1030. The first-order chi connectivity index (χ1) is 14.3. The number of aromatic nitrogens is 3. The largest absolute Gasteiger partial charge is 0.208 e. The van der Waals surface area contributed by atoms with E-state index in [9.17, 15) is 0 Å². The van der Waals surface area contributed by atoms with Crippen molar-refractivity contribution in [2.45, 2.75) is 41.5 Å². The number of aryl methyl sites for hydroxylation is 6. The summed E-state index contributed by atoms with van der Waals surface area (Å²) in [7, 11) is 0. The van der Waals surface area contributed by atoms with Crippen molar-refractivity contribution in [3.8, 4) is 34.2 Å². The highest BCUT2D eigenvalue weighted by atomic mass is 15.0. The second-order valence-corrected chi connectivity index (χ2v) is 8.44. The van der Waals surface area contributed by atoms with E-state index in [1.165, 1.54) is 33.4 Å². The molecule has 0 unspecified atom stereocenters. The van der Waals surface area contributed by atoms with Crippen molar-refractivity contribution in [1.82, 2.24) is 15.0 Å². The van der Waals surface area contributed by atoms with E-state index in [0.717, 1.165) is 16.7 Å². The molecule has 0 spiro atoms. The number of hydrogen-bond acceptors (Lipinski definition) is 3. The molecule has 0 amide bonds. The van der Waals surface area contributed by atoms with Gasteiger partial charge in [0.1, 0.15) is 0 Å². The molecule has 0 saturated heterocycles. The SMILES string of the molecule is Cc1cc(C)cc(-c2nc(-c3cc(C)cc(C)c3)nc(-c3cc(C)cc(C)c3)n2)c1. The first kappa shape index (κ1) is 20.0. The Morgan fingerprint density at radius 2 is 0.533 bits per heavy atom. The van der Waals surface area contributed by atoms with Gasteiger partial charge in [-0.3, -0.25) is 0 Å². The number of benzene rings is 3. The van der Waals surface area contributed by atoms with E-state index in [1.807, 2.05) is 0 Å². The fraction of sp³-hybridized carbons (Fsp3) is 0.222. The molecule has 0 radical (unpaired) electrons. The first-order valence-electron chi connectivity index (χ1n) is 10.3. The molecule has 0 aliphatic carbocycles. The second kappa shape index (κ2) is 7.83. The molecule has 150 valence electrons. The van der Waals surface area contributed by atoms with Crippen LogP contribution < -0.4 is 0 Å². The van der Waals surface area contributed by atoms with Crippen molar-refractivity contribution in [2.24, 2.45) is 0 Å². The van der Waals surface area contributed by atoms with Crippen LogP contribution in [-0.2, 0) is 0 Å². The van der Waals surface area contributed by atoms with E-state index >= 15 is 0 Å². The van der Waals surface area contributed by atoms with Crippen LogP contribution in [0.4, 0.5) is 0 Å². The van der Waals surface area contributed by atoms with Crippen molar-refractivity contribution in [3.05, 3.63) is 88.0 Å². The minimum Gasteiger partial charge on any atom is -0.208 e. The summed E-state index contributed by atoms with van der Waals surface area (Å²) in [5.74, 6) is 2.13. The number of nitrogens with zero attached hydrogens (tertiary/aromatic N) is 3. The fourth-order valence-electron chi connectivity index (χ4n) is 4.07. The third kappa shape index (κ3) is 4.30. The zero-order chi connectivity index (χ0) is 21.4. The lowest BCUT2D eigenvalue weighted by molar-refractivity contribution is 1.07. The van der Waals surface area contributed by atoms with Gasteiger partial charge in [0.15, 0.2) is 17.5 Å². The normalized spacial score (nSPS) is 11.0. The van der Waals surface area contributed by atoms with E-state index in [4.69, 9.17) is 15.0 Å². The topological polar surface area (TPSA) is 38.7 Å². The quantitative estimate of drug-likeness (QED) is 0.388. The first-order valence-corrected chi connectivity index (χ1v) is 10.3. The van der Waals surface area contributed by atoms with E-state index in [1.54, 1.807) is 0 Å². The fourth-order valence-corrected chi connectivity index (χ4v) is 4.07. The number of hydrogen-bond donors (Lipinski definition) is 0. The van der Waals surface area contributed by atoms with Crippen LogP contribution >= 0.6 is 0 Å². The molecule has 4 rings (SSSR count). The van der Waals surface area contributed by atoms with Crippen molar-refractivity contribution in [1.29, 1.82) is 0 Å². The van der Waals surface area contributed by atoms with Gasteiger partial charge in [-0.05, 0) is 77.9 Å². The van der Waals surface area contributed by atoms with Crippen LogP contribution in [0.1, 0.15) is 33.4 Å². The van der Waals surface area contributed by atoms with Crippen LogP contribution in [0.2, 0.25) is 0 Å². The minimum absolute atomic E-state index is 0.708. The predicted molar refractivity (Wildman–Crippen MR) is 125 cm³/mol. The van der Waals surface area contributed by atoms with Gasteiger partial charge >= 0.3 is 0 Å². The molecule has 1 aromatic heterocycles. The standard InChI is InChI=1S/C27H27N3/c1-16-7-17(2)11-22(10-16)25-28-26(23-12-18(3)8-19(4)13-23)30-27(29-25)24-14-20(5)9-21(6)15-24/h7-15H,1-6H3. The van der Waals surface area contributed by atoms with E-state index in [2.05, 4.69) is 96.1 Å². The summed E-state index contributed by atoms with van der Waals surface area (Å²) in [5, 5.41) is 0. The lowest BCUT2D eigenvalue weighted by Crippen LogP contribution is -2.01. The molecule has 3 aromatic carbocycles. The molecule has 0 aliphatic heterocycles. The Labute approximate surface area is 178 Å². The summed E-state index contributed by atoms with van der Waals surface area (Å²) in [6.07, 6.45) is 0. The van der Waals surface area contributed by atoms with Gasteiger partial charge in [0.2, 0.25) is 0 Å². The molecule has 0 aliphatic rings. The second-order valence-electron chi connectivity index (χ2n) is 8.44. The molecular weight excluding hydrogens is 366 g/mol. The lowest BCUT2D eigenvalue weighted by atomic mass is 10.0. The molecule has 4 aromatic rings. The van der Waals surface area contributed by atoms with E-state index in [0.29, 0.717) is 17.5 Å². The Balaban J connectivity index is 1.98. The molecule has 0 atom stereocenters. The average Bonchev–Trinajstić information content (AvgIpc) is 2.65. The van der Waals surface area contributed by atoms with E-state index < -0.39 is 0 Å². The molecule has 3 nitrogen and oxygen atoms in total. The molecule has 3 heteroatoms. The van der Waals surface area contributed by atoms with Crippen molar-refractivity contribution < 1.29 is 0 Å². The van der Waals surface area contributed by atoms with Crippen LogP contribution in [-0.4, -0.2) is 15.0 Å². The van der Waals surface area contributed by atoms with Gasteiger partial charge in [-0.25, -0.2) is 15.0 Å². The maximum absolute atomic E-state index is 4.89. The van der Waals surface area contributed by atoms with Crippen LogP contribution in [0.3, 0.4) is 0 Å². The predicted octanol–water partition coefficient (Wildman–Crippen LogP) is 6.72. The van der Waals surface area contributed by atoms with Crippen LogP contribution in [0.15, 0.2) is 54.6 Å². The summed E-state index contributed by atoms with van der Waals surface area (Å²) in [6.45, 7) is 12.6. The Hall–Kier alpha value is -3.33. The highest BCUT2D eigenvalue weighted by molar-refractivity contribution is 5.68. The maximum Gasteiger partial charge on any atom is 0.164 e. The van der Waals surface area contributed by atoms with Crippen LogP contribution in [0, 0.1) is 41.5 Å². The average molecular weight is 394 g/mol. The zero-order valence-electron chi connectivity index (χ0n) is 18.5. The Morgan fingerprint density at radius 1 is 0.333 bits per heavy atom. The van der Waals surface area contributed by atoms with Crippen LogP contribution in [0.25, 0.3) is 34.2 Å². The highest BCUT2D eigenvalue weighted by Crippen LogP contribution is 2.27. The molecule has 0 bridgehead atoms. The molecule has 0 fully saturated rings. The molecule has 0 N–H and O–H groups in total. The van der Waals surface area contributed by atoms with E-state index in [-0.39, 0.29) is 0 Å². The Kier molecular flexibility index (Phi) is 5.21. The molecule has 30 heavy (non-hydrogen) atoms. The smallest absolute Gasteiger partial charge is 0.164 e. The molecular formula is C27H27N3. The summed E-state index contributed by atoms with van der Waals surface area (Å²) < 4.78 is 0. The van der Waals surface area contributed by atoms with Crippen molar-refractivity contribution in [3.63, 3.8) is 0 Å². The summed E-state index contributed by atoms with van der Waals surface area (Å²) in [4.78, 5) is 14.7. The van der Waals surface area contributed by atoms with Crippen LogP contribution in [0.5, 0.6) is 0 Å².